The number of pyridine rings is 1. The van der Waals surface area contributed by atoms with Crippen molar-refractivity contribution in [2.75, 3.05) is 19.7 Å². The number of hydrogen-bond acceptors (Lipinski definition) is 6. The van der Waals surface area contributed by atoms with Gasteiger partial charge in [-0.05, 0) is 37.7 Å². The molecule has 0 spiro atoms. The molecule has 2 aromatic heterocycles. The highest BCUT2D eigenvalue weighted by Crippen LogP contribution is 2.29. The zero-order valence-corrected chi connectivity index (χ0v) is 14.4. The van der Waals surface area contributed by atoms with Gasteiger partial charge < -0.3 is 14.2 Å². The standard InChI is InChI=1S/C18H22N4O3/c1-12-20-17(21-25-12)15-3-2-8-22(10-15)18(23)14-6-7-16(19-9-14)24-11-13-4-5-13/h6-7,9,13,15H,2-5,8,10-11H2,1H3/t15-/m1/s1. The predicted octanol–water partition coefficient (Wildman–Crippen LogP) is 2.58. The van der Waals surface area contributed by atoms with E-state index in [1.807, 2.05) is 4.90 Å². The lowest BCUT2D eigenvalue weighted by molar-refractivity contribution is 0.0703. The maximum atomic E-state index is 12.8. The number of rotatable bonds is 5. The smallest absolute Gasteiger partial charge is 0.255 e. The molecule has 2 aliphatic rings. The number of hydrogen-bond donors (Lipinski definition) is 0. The Morgan fingerprint density at radius 1 is 1.36 bits per heavy atom. The van der Waals surface area contributed by atoms with Gasteiger partial charge in [0.15, 0.2) is 5.82 Å². The van der Waals surface area contributed by atoms with Gasteiger partial charge in [-0.15, -0.1) is 0 Å². The van der Waals surface area contributed by atoms with Gasteiger partial charge in [0.25, 0.3) is 5.91 Å². The van der Waals surface area contributed by atoms with Crippen LogP contribution in [0.5, 0.6) is 5.88 Å². The molecule has 2 aromatic rings. The number of likely N-dealkylation sites (tertiary alicyclic amines) is 1. The summed E-state index contributed by atoms with van der Waals surface area (Å²) in [5, 5.41) is 4.00. The number of carbonyl (C=O) groups excluding carboxylic acids is 1. The normalized spacial score (nSPS) is 20.5. The first-order chi connectivity index (χ1) is 12.2. The Hall–Kier alpha value is -2.44. The minimum absolute atomic E-state index is 0.00819. The van der Waals surface area contributed by atoms with E-state index < -0.39 is 0 Å². The first-order valence-electron chi connectivity index (χ1n) is 8.87. The quantitative estimate of drug-likeness (QED) is 0.831. The molecule has 4 rings (SSSR count). The van der Waals surface area contributed by atoms with Crippen LogP contribution in [0.4, 0.5) is 0 Å². The molecule has 1 atom stereocenters. The van der Waals surface area contributed by atoms with Crippen LogP contribution in [-0.2, 0) is 0 Å². The van der Waals surface area contributed by atoms with E-state index in [1.54, 1.807) is 25.3 Å². The Kier molecular flexibility index (Phi) is 4.38. The summed E-state index contributed by atoms with van der Waals surface area (Å²) in [4.78, 5) is 23.2. The molecule has 1 aliphatic carbocycles. The summed E-state index contributed by atoms with van der Waals surface area (Å²) >= 11 is 0. The lowest BCUT2D eigenvalue weighted by atomic mass is 9.97. The molecule has 7 heteroatoms. The lowest BCUT2D eigenvalue weighted by Crippen LogP contribution is -2.39. The summed E-state index contributed by atoms with van der Waals surface area (Å²) < 4.78 is 10.7. The first-order valence-corrected chi connectivity index (χ1v) is 8.87. The number of nitrogens with zero attached hydrogens (tertiary/aromatic N) is 4. The predicted molar refractivity (Wildman–Crippen MR) is 89.4 cm³/mol. The fourth-order valence-electron chi connectivity index (χ4n) is 3.12. The van der Waals surface area contributed by atoms with Crippen LogP contribution in [0.2, 0.25) is 0 Å². The van der Waals surface area contributed by atoms with E-state index in [9.17, 15) is 4.79 Å². The van der Waals surface area contributed by atoms with Crippen molar-refractivity contribution in [3.63, 3.8) is 0 Å². The summed E-state index contributed by atoms with van der Waals surface area (Å²) in [6.45, 7) is 3.85. The van der Waals surface area contributed by atoms with Gasteiger partial charge in [-0.2, -0.15) is 4.98 Å². The van der Waals surface area contributed by atoms with Gasteiger partial charge >= 0.3 is 0 Å². The molecule has 0 unspecified atom stereocenters. The molecule has 7 nitrogen and oxygen atoms in total. The number of carbonyl (C=O) groups is 1. The topological polar surface area (TPSA) is 81.4 Å². The molecule has 0 bridgehead atoms. The van der Waals surface area contributed by atoms with Crippen LogP contribution in [0.15, 0.2) is 22.9 Å². The van der Waals surface area contributed by atoms with Crippen molar-refractivity contribution in [1.29, 1.82) is 0 Å². The van der Waals surface area contributed by atoms with Crippen LogP contribution in [0.3, 0.4) is 0 Å². The minimum atomic E-state index is -0.00819. The average Bonchev–Trinajstić information content (AvgIpc) is 3.39. The third-order valence-electron chi connectivity index (χ3n) is 4.76. The highest BCUT2D eigenvalue weighted by Gasteiger charge is 2.28. The monoisotopic (exact) mass is 342 g/mol. The Balaban J connectivity index is 1.39. The van der Waals surface area contributed by atoms with Gasteiger partial charge in [0, 0.05) is 38.2 Å². The molecule has 2 fully saturated rings. The van der Waals surface area contributed by atoms with E-state index >= 15 is 0 Å². The van der Waals surface area contributed by atoms with Crippen molar-refractivity contribution in [2.45, 2.75) is 38.5 Å². The Morgan fingerprint density at radius 3 is 2.92 bits per heavy atom. The molecule has 132 valence electrons. The fourth-order valence-corrected chi connectivity index (χ4v) is 3.12. The third-order valence-corrected chi connectivity index (χ3v) is 4.76. The Bertz CT molecular complexity index is 739. The van der Waals surface area contributed by atoms with Gasteiger partial charge in [0.1, 0.15) is 0 Å². The van der Waals surface area contributed by atoms with E-state index in [0.717, 1.165) is 26.0 Å². The third kappa shape index (κ3) is 3.81. The molecule has 1 saturated heterocycles. The summed E-state index contributed by atoms with van der Waals surface area (Å²) in [6, 6.07) is 3.57. The fraction of sp³-hybridized carbons (Fsp3) is 0.556. The van der Waals surface area contributed by atoms with Crippen LogP contribution in [0.1, 0.15) is 53.7 Å². The minimum Gasteiger partial charge on any atom is -0.477 e. The second-order valence-corrected chi connectivity index (χ2v) is 6.90. The number of ether oxygens (including phenoxy) is 1. The molecule has 0 radical (unpaired) electrons. The SMILES string of the molecule is Cc1nc([C@@H]2CCCN(C(=O)c3ccc(OCC4CC4)nc3)C2)no1. The maximum absolute atomic E-state index is 12.8. The van der Waals surface area contributed by atoms with Crippen molar-refractivity contribution < 1.29 is 14.1 Å². The van der Waals surface area contributed by atoms with Crippen LogP contribution in [-0.4, -0.2) is 45.6 Å². The van der Waals surface area contributed by atoms with E-state index in [0.29, 0.717) is 35.6 Å². The average molecular weight is 342 g/mol. The van der Waals surface area contributed by atoms with Crippen LogP contribution in [0.25, 0.3) is 0 Å². The molecular weight excluding hydrogens is 320 g/mol. The molecular formula is C18H22N4O3. The van der Waals surface area contributed by atoms with Crippen LogP contribution >= 0.6 is 0 Å². The Labute approximate surface area is 146 Å². The van der Waals surface area contributed by atoms with Gasteiger partial charge in [-0.25, -0.2) is 4.98 Å². The molecule has 0 aromatic carbocycles. The molecule has 0 N–H and O–H groups in total. The van der Waals surface area contributed by atoms with Crippen molar-refractivity contribution in [2.24, 2.45) is 5.92 Å². The van der Waals surface area contributed by atoms with Gasteiger partial charge in [-0.1, -0.05) is 5.16 Å². The van der Waals surface area contributed by atoms with E-state index in [1.165, 1.54) is 12.8 Å². The number of aryl methyl sites for hydroxylation is 1. The number of amides is 1. The zero-order valence-electron chi connectivity index (χ0n) is 14.4. The highest BCUT2D eigenvalue weighted by molar-refractivity contribution is 5.94. The molecule has 1 amide bonds. The maximum Gasteiger partial charge on any atom is 0.255 e. The van der Waals surface area contributed by atoms with Crippen molar-refractivity contribution in [3.05, 3.63) is 35.6 Å². The second-order valence-electron chi connectivity index (χ2n) is 6.90. The highest BCUT2D eigenvalue weighted by atomic mass is 16.5. The summed E-state index contributed by atoms with van der Waals surface area (Å²) in [5.41, 5.74) is 0.587. The van der Waals surface area contributed by atoms with E-state index in [-0.39, 0.29) is 11.8 Å². The number of aromatic nitrogens is 3. The van der Waals surface area contributed by atoms with Crippen molar-refractivity contribution in [1.82, 2.24) is 20.0 Å². The van der Waals surface area contributed by atoms with Crippen LogP contribution in [0, 0.1) is 12.8 Å². The van der Waals surface area contributed by atoms with Gasteiger partial charge in [0.05, 0.1) is 12.2 Å². The molecule has 1 aliphatic heterocycles. The first kappa shape index (κ1) is 16.1. The van der Waals surface area contributed by atoms with Crippen molar-refractivity contribution in [3.8, 4) is 5.88 Å². The summed E-state index contributed by atoms with van der Waals surface area (Å²) in [7, 11) is 0. The molecule has 25 heavy (non-hydrogen) atoms. The summed E-state index contributed by atoms with van der Waals surface area (Å²) in [6.07, 6.45) is 5.99. The largest absolute Gasteiger partial charge is 0.477 e. The van der Waals surface area contributed by atoms with Crippen molar-refractivity contribution >= 4 is 5.91 Å². The molecule has 3 heterocycles. The number of piperidine rings is 1. The molecule has 1 saturated carbocycles. The second kappa shape index (κ2) is 6.82. The van der Waals surface area contributed by atoms with E-state index in [2.05, 4.69) is 15.1 Å². The van der Waals surface area contributed by atoms with Gasteiger partial charge in [0.2, 0.25) is 11.8 Å². The Morgan fingerprint density at radius 2 is 2.24 bits per heavy atom. The lowest BCUT2D eigenvalue weighted by Gasteiger charge is -2.31. The summed E-state index contributed by atoms with van der Waals surface area (Å²) in [5.74, 6) is 2.64. The van der Waals surface area contributed by atoms with Crippen LogP contribution < -0.4 is 4.74 Å². The zero-order chi connectivity index (χ0) is 17.2. The van der Waals surface area contributed by atoms with E-state index in [4.69, 9.17) is 9.26 Å². The van der Waals surface area contributed by atoms with Gasteiger partial charge in [-0.3, -0.25) is 4.79 Å².